The normalized spacial score (nSPS) is 19.4. The standard InChI is InChI=1S/C33H35N3/c1-22(2)31(23(3)4)27-19-30-32(35-20-27)28(25-16-14-24(5)15-17-25)21-36(30)33(26-11-7-6-8-12-26)29-13-9-10-18-34-29/h6-16,18-20,25,28,33H,1,17,21H2,2-5H3/t25?,28?,33-/m0/s1. The molecule has 2 unspecified atom stereocenters. The first kappa shape index (κ1) is 24.0. The van der Waals surface area contributed by atoms with Crippen molar-refractivity contribution >= 4 is 11.3 Å². The molecule has 0 amide bonds. The van der Waals surface area contributed by atoms with Crippen LogP contribution in [-0.2, 0) is 0 Å². The van der Waals surface area contributed by atoms with Gasteiger partial charge in [-0.05, 0) is 69.4 Å². The Morgan fingerprint density at radius 1 is 1.03 bits per heavy atom. The maximum Gasteiger partial charge on any atom is 0.0967 e. The molecule has 3 aromatic rings. The zero-order valence-electron chi connectivity index (χ0n) is 21.8. The molecule has 5 rings (SSSR count). The minimum Gasteiger partial charge on any atom is -0.357 e. The highest BCUT2D eigenvalue weighted by Gasteiger charge is 2.39. The van der Waals surface area contributed by atoms with E-state index in [9.17, 15) is 0 Å². The first-order chi connectivity index (χ1) is 17.4. The Bertz CT molecular complexity index is 1300. The number of pyridine rings is 2. The Morgan fingerprint density at radius 3 is 2.44 bits per heavy atom. The lowest BCUT2D eigenvalue weighted by Gasteiger charge is -2.31. The molecule has 3 nitrogen and oxygen atoms in total. The first-order valence-electron chi connectivity index (χ1n) is 12.8. The molecule has 0 radical (unpaired) electrons. The highest BCUT2D eigenvalue weighted by molar-refractivity contribution is 5.82. The largest absolute Gasteiger partial charge is 0.357 e. The van der Waals surface area contributed by atoms with E-state index >= 15 is 0 Å². The monoisotopic (exact) mass is 473 g/mol. The van der Waals surface area contributed by atoms with Crippen molar-refractivity contribution in [3.63, 3.8) is 0 Å². The molecule has 1 aromatic carbocycles. The zero-order valence-corrected chi connectivity index (χ0v) is 21.8. The van der Waals surface area contributed by atoms with Crippen molar-refractivity contribution in [2.75, 3.05) is 11.4 Å². The molecule has 3 atom stereocenters. The van der Waals surface area contributed by atoms with Gasteiger partial charge in [-0.3, -0.25) is 9.97 Å². The fourth-order valence-electron chi connectivity index (χ4n) is 5.78. The lowest BCUT2D eigenvalue weighted by atomic mass is 9.84. The Kier molecular flexibility index (Phi) is 6.73. The molecule has 3 heterocycles. The van der Waals surface area contributed by atoms with E-state index in [1.165, 1.54) is 33.7 Å². The second-order valence-corrected chi connectivity index (χ2v) is 10.3. The van der Waals surface area contributed by atoms with E-state index in [1.807, 2.05) is 12.3 Å². The predicted molar refractivity (Wildman–Crippen MR) is 151 cm³/mol. The van der Waals surface area contributed by atoms with Crippen LogP contribution in [0.1, 0.15) is 68.6 Å². The fourth-order valence-corrected chi connectivity index (χ4v) is 5.78. The summed E-state index contributed by atoms with van der Waals surface area (Å²) >= 11 is 0. The van der Waals surface area contributed by atoms with E-state index in [0.717, 1.165) is 29.8 Å². The number of allylic oxidation sites excluding steroid dienone is 7. The maximum atomic E-state index is 5.15. The summed E-state index contributed by atoms with van der Waals surface area (Å²) in [7, 11) is 0. The van der Waals surface area contributed by atoms with Crippen LogP contribution in [-0.4, -0.2) is 16.5 Å². The van der Waals surface area contributed by atoms with Gasteiger partial charge in [0.15, 0.2) is 0 Å². The molecule has 0 N–H and O–H groups in total. The lowest BCUT2D eigenvalue weighted by Crippen LogP contribution is -2.30. The summed E-state index contributed by atoms with van der Waals surface area (Å²) in [5.74, 6) is 0.754. The molecule has 0 saturated carbocycles. The van der Waals surface area contributed by atoms with Gasteiger partial charge in [-0.2, -0.15) is 0 Å². The molecule has 0 saturated heterocycles. The summed E-state index contributed by atoms with van der Waals surface area (Å²) in [6, 6.07) is 19.3. The molecule has 0 spiro atoms. The van der Waals surface area contributed by atoms with E-state index in [-0.39, 0.29) is 6.04 Å². The molecule has 0 bridgehead atoms. The molecule has 1 aliphatic carbocycles. The zero-order chi connectivity index (χ0) is 25.2. The van der Waals surface area contributed by atoms with E-state index in [2.05, 4.69) is 112 Å². The van der Waals surface area contributed by atoms with Gasteiger partial charge in [0.2, 0.25) is 0 Å². The maximum absolute atomic E-state index is 5.15. The van der Waals surface area contributed by atoms with Crippen molar-refractivity contribution < 1.29 is 0 Å². The van der Waals surface area contributed by atoms with Gasteiger partial charge >= 0.3 is 0 Å². The van der Waals surface area contributed by atoms with Gasteiger partial charge in [-0.1, -0.05) is 77.9 Å². The first-order valence-corrected chi connectivity index (χ1v) is 12.8. The number of fused-ring (bicyclic) bond motifs is 1. The van der Waals surface area contributed by atoms with Gasteiger partial charge in [0.1, 0.15) is 0 Å². The molecule has 2 aromatic heterocycles. The van der Waals surface area contributed by atoms with Crippen LogP contribution in [0, 0.1) is 5.92 Å². The van der Waals surface area contributed by atoms with Crippen LogP contribution < -0.4 is 4.90 Å². The molecule has 3 heteroatoms. The molecular weight excluding hydrogens is 438 g/mol. The average Bonchev–Trinajstić information content (AvgIpc) is 3.24. The number of hydrogen-bond donors (Lipinski definition) is 0. The van der Waals surface area contributed by atoms with E-state index in [1.54, 1.807) is 0 Å². The van der Waals surface area contributed by atoms with E-state index in [0.29, 0.717) is 11.8 Å². The minimum absolute atomic E-state index is 0.0121. The van der Waals surface area contributed by atoms with Gasteiger partial charge in [-0.25, -0.2) is 0 Å². The average molecular weight is 474 g/mol. The van der Waals surface area contributed by atoms with Crippen LogP contribution in [0.2, 0.25) is 0 Å². The molecule has 2 aliphatic rings. The second kappa shape index (κ2) is 10.1. The highest BCUT2D eigenvalue weighted by atomic mass is 15.2. The fraction of sp³-hybridized carbons (Fsp3) is 0.273. The second-order valence-electron chi connectivity index (χ2n) is 10.3. The van der Waals surface area contributed by atoms with Crippen molar-refractivity contribution in [1.29, 1.82) is 0 Å². The van der Waals surface area contributed by atoms with E-state index < -0.39 is 0 Å². The Morgan fingerprint density at radius 2 is 1.81 bits per heavy atom. The molecule has 182 valence electrons. The summed E-state index contributed by atoms with van der Waals surface area (Å²) in [5, 5.41) is 0. The van der Waals surface area contributed by atoms with Gasteiger partial charge < -0.3 is 4.90 Å². The van der Waals surface area contributed by atoms with E-state index in [4.69, 9.17) is 9.97 Å². The number of rotatable bonds is 6. The van der Waals surface area contributed by atoms with Crippen molar-refractivity contribution in [3.05, 3.63) is 131 Å². The van der Waals surface area contributed by atoms with Crippen molar-refractivity contribution in [2.45, 2.75) is 46.1 Å². The number of nitrogens with zero attached hydrogens (tertiary/aromatic N) is 3. The van der Waals surface area contributed by atoms with Gasteiger partial charge in [-0.15, -0.1) is 0 Å². The summed E-state index contributed by atoms with van der Waals surface area (Å²) in [6.45, 7) is 13.7. The Labute approximate surface area is 215 Å². The van der Waals surface area contributed by atoms with Crippen LogP contribution >= 0.6 is 0 Å². The van der Waals surface area contributed by atoms with Crippen LogP contribution in [0.4, 0.5) is 5.69 Å². The Balaban J connectivity index is 1.67. The van der Waals surface area contributed by atoms with Crippen molar-refractivity contribution in [2.24, 2.45) is 5.92 Å². The van der Waals surface area contributed by atoms with Gasteiger partial charge in [0.05, 0.1) is 23.1 Å². The summed E-state index contributed by atoms with van der Waals surface area (Å²) in [4.78, 5) is 12.5. The molecule has 1 aliphatic heterocycles. The summed E-state index contributed by atoms with van der Waals surface area (Å²) < 4.78 is 0. The number of hydrogen-bond acceptors (Lipinski definition) is 3. The SMILES string of the molecule is C=C(C)C(=C(C)C)c1cnc2c(c1)N([C@@H](c1ccccc1)c1ccccn1)CC2C1C=CC(C)=CC1. The number of benzene rings is 1. The minimum atomic E-state index is 0.0121. The predicted octanol–water partition coefficient (Wildman–Crippen LogP) is 8.06. The van der Waals surface area contributed by atoms with Crippen molar-refractivity contribution in [3.8, 4) is 0 Å². The Hall–Kier alpha value is -3.72. The lowest BCUT2D eigenvalue weighted by molar-refractivity contribution is 0.505. The quantitative estimate of drug-likeness (QED) is 0.339. The molecule has 36 heavy (non-hydrogen) atoms. The summed E-state index contributed by atoms with van der Waals surface area (Å²) in [6.07, 6.45) is 12.0. The third kappa shape index (κ3) is 4.58. The number of anilines is 1. The van der Waals surface area contributed by atoms with Gasteiger partial charge in [0.25, 0.3) is 0 Å². The molecular formula is C33H35N3. The smallest absolute Gasteiger partial charge is 0.0967 e. The summed E-state index contributed by atoms with van der Waals surface area (Å²) in [5.41, 5.74) is 10.7. The topological polar surface area (TPSA) is 29.0 Å². The van der Waals surface area contributed by atoms with Crippen molar-refractivity contribution in [1.82, 2.24) is 9.97 Å². The third-order valence-electron chi connectivity index (χ3n) is 7.40. The van der Waals surface area contributed by atoms with Crippen LogP contribution in [0.3, 0.4) is 0 Å². The van der Waals surface area contributed by atoms with Crippen LogP contribution in [0.15, 0.2) is 109 Å². The third-order valence-corrected chi connectivity index (χ3v) is 7.40. The van der Waals surface area contributed by atoms with Crippen LogP contribution in [0.25, 0.3) is 5.57 Å². The molecule has 0 fully saturated rings. The highest BCUT2D eigenvalue weighted by Crippen LogP contribution is 2.47. The number of aromatic nitrogens is 2. The van der Waals surface area contributed by atoms with Gasteiger partial charge in [0, 0.05) is 30.4 Å². The van der Waals surface area contributed by atoms with Crippen LogP contribution in [0.5, 0.6) is 0 Å².